The van der Waals surface area contributed by atoms with Crippen molar-refractivity contribution >= 4 is 35.6 Å². The fourth-order valence-corrected chi connectivity index (χ4v) is 4.28. The number of amides is 4. The Hall–Kier alpha value is -4.46. The average Bonchev–Trinajstić information content (AvgIpc) is 3.10. The van der Waals surface area contributed by atoms with Crippen LogP contribution in [0.1, 0.15) is 38.4 Å². The molecule has 1 aromatic heterocycles. The van der Waals surface area contributed by atoms with Gasteiger partial charge in [-0.2, -0.15) is 0 Å². The summed E-state index contributed by atoms with van der Waals surface area (Å²) in [7, 11) is 1.33. The van der Waals surface area contributed by atoms with E-state index in [4.69, 9.17) is 4.74 Å². The van der Waals surface area contributed by atoms with E-state index in [-0.39, 0.29) is 5.57 Å². The second kappa shape index (κ2) is 9.06. The monoisotopic (exact) mass is 471 g/mol. The minimum Gasteiger partial charge on any atom is -0.465 e. The molecule has 35 heavy (non-hydrogen) atoms. The number of benzene rings is 2. The van der Waals surface area contributed by atoms with Crippen molar-refractivity contribution in [2.75, 3.05) is 12.0 Å². The van der Waals surface area contributed by atoms with Crippen LogP contribution in [-0.2, 0) is 14.3 Å². The molecule has 2 aromatic carbocycles. The molecule has 0 aliphatic carbocycles. The van der Waals surface area contributed by atoms with Crippen molar-refractivity contribution in [2.24, 2.45) is 0 Å². The van der Waals surface area contributed by atoms with E-state index in [1.165, 1.54) is 13.2 Å². The van der Waals surface area contributed by atoms with Gasteiger partial charge in [0.15, 0.2) is 0 Å². The van der Waals surface area contributed by atoms with Crippen molar-refractivity contribution in [3.63, 3.8) is 0 Å². The highest BCUT2D eigenvalue weighted by atomic mass is 16.5. The number of carbonyl (C=O) groups is 4. The van der Waals surface area contributed by atoms with Crippen LogP contribution < -0.4 is 10.2 Å². The summed E-state index contributed by atoms with van der Waals surface area (Å²) in [5.74, 6) is -1.85. The fourth-order valence-electron chi connectivity index (χ4n) is 4.28. The number of nitrogens with zero attached hydrogens (tertiary/aromatic N) is 2. The standard InChI is InChI=1S/C27H25N3O5/c1-15-6-11-23(16(2)12-15)30-25(32)22(24(31)28-27(30)34)14-20-13-17(3)29(18(20)4)21-9-7-19(8-10-21)26(33)35-5/h6-14H,1-5H3,(H,28,31,34). The molecular formula is C27H25N3O5. The van der Waals surface area contributed by atoms with E-state index < -0.39 is 23.8 Å². The summed E-state index contributed by atoms with van der Waals surface area (Å²) in [6.45, 7) is 7.49. The van der Waals surface area contributed by atoms with E-state index in [0.717, 1.165) is 33.1 Å². The Morgan fingerprint density at radius 3 is 2.26 bits per heavy atom. The molecule has 0 spiro atoms. The highest BCUT2D eigenvalue weighted by Gasteiger charge is 2.37. The molecule has 1 aliphatic rings. The van der Waals surface area contributed by atoms with E-state index in [2.05, 4.69) is 5.32 Å². The van der Waals surface area contributed by atoms with Crippen LogP contribution in [0.2, 0.25) is 0 Å². The lowest BCUT2D eigenvalue weighted by Gasteiger charge is -2.27. The Bertz CT molecular complexity index is 1410. The number of esters is 1. The van der Waals surface area contributed by atoms with Gasteiger partial charge >= 0.3 is 12.0 Å². The van der Waals surface area contributed by atoms with Gasteiger partial charge in [-0.3, -0.25) is 14.9 Å². The molecule has 0 unspecified atom stereocenters. The predicted octanol–water partition coefficient (Wildman–Crippen LogP) is 4.16. The molecule has 178 valence electrons. The van der Waals surface area contributed by atoms with Crippen molar-refractivity contribution in [3.05, 3.63) is 87.7 Å². The first-order valence-electron chi connectivity index (χ1n) is 11.0. The van der Waals surface area contributed by atoms with E-state index in [9.17, 15) is 19.2 Å². The van der Waals surface area contributed by atoms with Gasteiger partial charge in [0.05, 0.1) is 18.4 Å². The van der Waals surface area contributed by atoms with Crippen LogP contribution in [0.25, 0.3) is 11.8 Å². The number of carbonyl (C=O) groups excluding carboxylic acids is 4. The zero-order chi connectivity index (χ0) is 25.4. The summed E-state index contributed by atoms with van der Waals surface area (Å²) in [6, 6.07) is 13.4. The molecule has 4 rings (SSSR count). The predicted molar refractivity (Wildman–Crippen MR) is 132 cm³/mol. The lowest BCUT2D eigenvalue weighted by Crippen LogP contribution is -2.54. The lowest BCUT2D eigenvalue weighted by atomic mass is 10.0. The molecule has 0 atom stereocenters. The van der Waals surface area contributed by atoms with Crippen LogP contribution in [-0.4, -0.2) is 35.5 Å². The topological polar surface area (TPSA) is 97.7 Å². The second-order valence-electron chi connectivity index (χ2n) is 8.45. The van der Waals surface area contributed by atoms with Gasteiger partial charge in [0, 0.05) is 17.1 Å². The first kappa shape index (κ1) is 23.7. The zero-order valence-corrected chi connectivity index (χ0v) is 20.1. The fraction of sp³-hybridized carbons (Fsp3) is 0.185. The zero-order valence-electron chi connectivity index (χ0n) is 20.1. The average molecular weight is 472 g/mol. The molecule has 1 N–H and O–H groups in total. The van der Waals surface area contributed by atoms with Crippen LogP contribution in [0.3, 0.4) is 0 Å². The summed E-state index contributed by atoms with van der Waals surface area (Å²) >= 11 is 0. The lowest BCUT2D eigenvalue weighted by molar-refractivity contribution is -0.122. The van der Waals surface area contributed by atoms with Crippen LogP contribution in [0.15, 0.2) is 54.1 Å². The van der Waals surface area contributed by atoms with Gasteiger partial charge in [-0.25, -0.2) is 14.5 Å². The molecule has 3 aromatic rings. The molecule has 0 radical (unpaired) electrons. The largest absolute Gasteiger partial charge is 0.465 e. The van der Waals surface area contributed by atoms with Gasteiger partial charge in [0.2, 0.25) is 0 Å². The third kappa shape index (κ3) is 4.26. The van der Waals surface area contributed by atoms with E-state index in [1.807, 2.05) is 50.5 Å². The molecule has 8 nitrogen and oxygen atoms in total. The van der Waals surface area contributed by atoms with Gasteiger partial charge in [0.1, 0.15) is 5.57 Å². The van der Waals surface area contributed by atoms with Gasteiger partial charge in [-0.1, -0.05) is 17.7 Å². The van der Waals surface area contributed by atoms with Crippen molar-refractivity contribution in [2.45, 2.75) is 27.7 Å². The number of aromatic nitrogens is 1. The van der Waals surface area contributed by atoms with Crippen LogP contribution in [0.5, 0.6) is 0 Å². The Kier molecular flexibility index (Phi) is 6.13. The van der Waals surface area contributed by atoms with Crippen LogP contribution in [0.4, 0.5) is 10.5 Å². The highest BCUT2D eigenvalue weighted by molar-refractivity contribution is 6.39. The number of hydrogen-bond acceptors (Lipinski definition) is 5. The number of nitrogens with one attached hydrogen (secondary N) is 1. The normalized spacial score (nSPS) is 14.9. The summed E-state index contributed by atoms with van der Waals surface area (Å²) in [6.07, 6.45) is 1.50. The SMILES string of the molecule is COC(=O)c1ccc(-n2c(C)cc(C=C3C(=O)NC(=O)N(c4ccc(C)cc4C)C3=O)c2C)cc1. The van der Waals surface area contributed by atoms with Crippen molar-refractivity contribution in [1.82, 2.24) is 9.88 Å². The van der Waals surface area contributed by atoms with Gasteiger partial charge in [-0.05, 0) is 81.3 Å². The quantitative estimate of drug-likeness (QED) is 0.350. The molecule has 0 saturated carbocycles. The smallest absolute Gasteiger partial charge is 0.337 e. The number of rotatable bonds is 4. The molecule has 4 amide bonds. The maximum absolute atomic E-state index is 13.3. The van der Waals surface area contributed by atoms with Gasteiger partial charge in [-0.15, -0.1) is 0 Å². The number of urea groups is 1. The van der Waals surface area contributed by atoms with Crippen molar-refractivity contribution < 1.29 is 23.9 Å². The van der Waals surface area contributed by atoms with E-state index in [1.54, 1.807) is 30.3 Å². The Morgan fingerprint density at radius 2 is 1.63 bits per heavy atom. The minimum absolute atomic E-state index is 0.133. The summed E-state index contributed by atoms with van der Waals surface area (Å²) in [5.41, 5.74) is 5.59. The van der Waals surface area contributed by atoms with Crippen molar-refractivity contribution in [3.8, 4) is 5.69 Å². The van der Waals surface area contributed by atoms with Gasteiger partial charge in [0.25, 0.3) is 11.8 Å². The number of ether oxygens (including phenoxy) is 1. The van der Waals surface area contributed by atoms with Crippen LogP contribution >= 0.6 is 0 Å². The third-order valence-electron chi connectivity index (χ3n) is 6.01. The Morgan fingerprint density at radius 1 is 0.943 bits per heavy atom. The van der Waals surface area contributed by atoms with Crippen LogP contribution in [0, 0.1) is 27.7 Å². The maximum atomic E-state index is 13.3. The first-order valence-corrected chi connectivity index (χ1v) is 11.0. The number of imide groups is 2. The Balaban J connectivity index is 1.73. The summed E-state index contributed by atoms with van der Waals surface area (Å²) in [5, 5.41) is 2.27. The third-order valence-corrected chi connectivity index (χ3v) is 6.01. The molecular weight excluding hydrogens is 446 g/mol. The number of barbiturate groups is 1. The number of methoxy groups -OCH3 is 1. The molecule has 2 heterocycles. The molecule has 1 saturated heterocycles. The summed E-state index contributed by atoms with van der Waals surface area (Å²) < 4.78 is 6.70. The number of hydrogen-bond donors (Lipinski definition) is 1. The number of anilines is 1. The van der Waals surface area contributed by atoms with Gasteiger partial charge < -0.3 is 9.30 Å². The molecule has 1 fully saturated rings. The molecule has 1 aliphatic heterocycles. The second-order valence-corrected chi connectivity index (χ2v) is 8.45. The molecule has 8 heteroatoms. The van der Waals surface area contributed by atoms with E-state index >= 15 is 0 Å². The number of aryl methyl sites for hydroxylation is 3. The first-order chi connectivity index (χ1) is 16.6. The summed E-state index contributed by atoms with van der Waals surface area (Å²) in [4.78, 5) is 51.3. The highest BCUT2D eigenvalue weighted by Crippen LogP contribution is 2.28. The maximum Gasteiger partial charge on any atom is 0.337 e. The molecule has 0 bridgehead atoms. The van der Waals surface area contributed by atoms with Crippen molar-refractivity contribution in [1.29, 1.82) is 0 Å². The minimum atomic E-state index is -0.778. The Labute approximate surface area is 202 Å². The van der Waals surface area contributed by atoms with E-state index in [0.29, 0.717) is 16.8 Å².